The van der Waals surface area contributed by atoms with E-state index in [1.165, 1.54) is 0 Å². The first kappa shape index (κ1) is 19.7. The number of nitrogens with one attached hydrogen (secondary N) is 2. The Balaban J connectivity index is 1.27. The van der Waals surface area contributed by atoms with Gasteiger partial charge in [-0.05, 0) is 38.0 Å². The molecule has 0 spiro atoms. The fourth-order valence-electron chi connectivity index (χ4n) is 4.71. The number of hydrogen-bond donors (Lipinski definition) is 2. The summed E-state index contributed by atoms with van der Waals surface area (Å²) in [4.78, 5) is 21.1. The van der Waals surface area contributed by atoms with Crippen molar-refractivity contribution in [3.8, 4) is 16.9 Å². The number of fused-ring (bicyclic) bond motifs is 3. The predicted molar refractivity (Wildman–Crippen MR) is 120 cm³/mol. The van der Waals surface area contributed by atoms with E-state index in [4.69, 9.17) is 9.47 Å². The van der Waals surface area contributed by atoms with E-state index in [1.54, 1.807) is 0 Å². The van der Waals surface area contributed by atoms with E-state index in [0.717, 1.165) is 67.1 Å². The van der Waals surface area contributed by atoms with Gasteiger partial charge in [-0.25, -0.2) is 4.98 Å². The number of ether oxygens (including phenoxy) is 2. The highest BCUT2D eigenvalue weighted by atomic mass is 16.5. The monoisotopic (exact) mass is 433 g/mol. The number of carbonyl (C=O) groups is 1. The zero-order valence-corrected chi connectivity index (χ0v) is 18.1. The molecule has 3 fully saturated rings. The third kappa shape index (κ3) is 3.96. The summed E-state index contributed by atoms with van der Waals surface area (Å²) < 4.78 is 14.1. The van der Waals surface area contributed by atoms with Crippen LogP contribution in [-0.4, -0.2) is 51.7 Å². The van der Waals surface area contributed by atoms with Crippen LogP contribution in [0.3, 0.4) is 0 Å². The number of imidazole rings is 1. The SMILES string of the molecule is Cc1cc(-c2ccc3nc(NC(=O)C4CC4)cn3c2)c(OC2CC3COCC(C2)N3)cn1. The van der Waals surface area contributed by atoms with Crippen LogP contribution in [0, 0.1) is 12.8 Å². The number of aryl methyl sites for hydroxylation is 1. The average Bonchev–Trinajstić information content (AvgIpc) is 3.55. The molecule has 2 bridgehead atoms. The number of hydrogen-bond acceptors (Lipinski definition) is 6. The molecule has 2 aliphatic heterocycles. The second-order valence-electron chi connectivity index (χ2n) is 9.20. The molecule has 2 N–H and O–H groups in total. The molecule has 0 aromatic carbocycles. The fourth-order valence-corrected chi connectivity index (χ4v) is 4.71. The molecule has 2 unspecified atom stereocenters. The molecule has 8 heteroatoms. The lowest BCUT2D eigenvalue weighted by molar-refractivity contribution is -0.117. The van der Waals surface area contributed by atoms with Crippen LogP contribution in [0.15, 0.2) is 36.8 Å². The minimum Gasteiger partial charge on any atom is -0.488 e. The van der Waals surface area contributed by atoms with Gasteiger partial charge in [-0.15, -0.1) is 0 Å². The van der Waals surface area contributed by atoms with E-state index in [0.29, 0.717) is 17.9 Å². The standard InChI is InChI=1S/C24H27N5O3/c1-14-6-20(21(9-25-14)32-19-7-17-12-31-13-18(8-19)26-17)16-4-5-23-27-22(11-29(23)10-16)28-24(30)15-2-3-15/h4-6,9-11,15,17-19,26H,2-3,7-8,12-13H2,1H3,(H,28,30). The van der Waals surface area contributed by atoms with Gasteiger partial charge in [0.15, 0.2) is 5.82 Å². The molecule has 1 saturated carbocycles. The second-order valence-corrected chi connectivity index (χ2v) is 9.20. The molecule has 3 aliphatic rings. The fraction of sp³-hybridized carbons (Fsp3) is 0.458. The largest absolute Gasteiger partial charge is 0.488 e. The average molecular weight is 434 g/mol. The van der Waals surface area contributed by atoms with Crippen molar-refractivity contribution in [1.82, 2.24) is 19.7 Å². The van der Waals surface area contributed by atoms with Gasteiger partial charge < -0.3 is 24.5 Å². The van der Waals surface area contributed by atoms with Crippen LogP contribution < -0.4 is 15.4 Å². The molecule has 3 aromatic heterocycles. The van der Waals surface area contributed by atoms with Crippen molar-refractivity contribution in [1.29, 1.82) is 0 Å². The zero-order valence-electron chi connectivity index (χ0n) is 18.1. The molecule has 166 valence electrons. The number of nitrogens with zero attached hydrogens (tertiary/aromatic N) is 3. The van der Waals surface area contributed by atoms with Crippen molar-refractivity contribution in [2.75, 3.05) is 18.5 Å². The molecule has 2 saturated heterocycles. The summed E-state index contributed by atoms with van der Waals surface area (Å²) in [5.74, 6) is 1.59. The maximum absolute atomic E-state index is 12.1. The molecule has 1 aliphatic carbocycles. The molecule has 6 rings (SSSR count). The van der Waals surface area contributed by atoms with Crippen LogP contribution in [0.1, 0.15) is 31.4 Å². The zero-order chi connectivity index (χ0) is 21.7. The number of anilines is 1. The molecule has 5 heterocycles. The summed E-state index contributed by atoms with van der Waals surface area (Å²) in [7, 11) is 0. The Kier molecular flexibility index (Phi) is 4.84. The lowest BCUT2D eigenvalue weighted by Crippen LogP contribution is -2.56. The number of morpholine rings is 1. The summed E-state index contributed by atoms with van der Waals surface area (Å²) in [6.45, 7) is 3.47. The third-order valence-corrected chi connectivity index (χ3v) is 6.46. The predicted octanol–water partition coefficient (Wildman–Crippen LogP) is 2.95. The van der Waals surface area contributed by atoms with Gasteiger partial charge in [0.1, 0.15) is 17.5 Å². The normalized spacial score (nSPS) is 25.0. The third-order valence-electron chi connectivity index (χ3n) is 6.46. The van der Waals surface area contributed by atoms with Crippen molar-refractivity contribution in [2.45, 2.75) is 50.8 Å². The Morgan fingerprint density at radius 3 is 2.81 bits per heavy atom. The quantitative estimate of drug-likeness (QED) is 0.643. The maximum atomic E-state index is 12.1. The van der Waals surface area contributed by atoms with Crippen molar-refractivity contribution in [3.05, 3.63) is 42.5 Å². The highest BCUT2D eigenvalue weighted by Crippen LogP contribution is 2.34. The Morgan fingerprint density at radius 2 is 2.03 bits per heavy atom. The summed E-state index contributed by atoms with van der Waals surface area (Å²) in [6, 6.07) is 6.77. The van der Waals surface area contributed by atoms with Crippen LogP contribution in [-0.2, 0) is 9.53 Å². The second kappa shape index (κ2) is 7.86. The maximum Gasteiger partial charge on any atom is 0.228 e. The number of piperidine rings is 1. The van der Waals surface area contributed by atoms with Crippen molar-refractivity contribution >= 4 is 17.4 Å². The lowest BCUT2D eigenvalue weighted by atomic mass is 9.94. The van der Waals surface area contributed by atoms with E-state index >= 15 is 0 Å². The molecular weight excluding hydrogens is 406 g/mol. The topological polar surface area (TPSA) is 89.8 Å². The highest BCUT2D eigenvalue weighted by Gasteiger charge is 2.33. The molecule has 3 aromatic rings. The van der Waals surface area contributed by atoms with E-state index in [1.807, 2.05) is 42.0 Å². The van der Waals surface area contributed by atoms with E-state index in [2.05, 4.69) is 26.7 Å². The highest BCUT2D eigenvalue weighted by molar-refractivity contribution is 5.93. The van der Waals surface area contributed by atoms with Gasteiger partial charge in [0.25, 0.3) is 0 Å². The van der Waals surface area contributed by atoms with Gasteiger partial charge in [0.2, 0.25) is 5.91 Å². The van der Waals surface area contributed by atoms with E-state index in [9.17, 15) is 4.79 Å². The van der Waals surface area contributed by atoms with Crippen LogP contribution >= 0.6 is 0 Å². The van der Waals surface area contributed by atoms with Crippen LogP contribution in [0.2, 0.25) is 0 Å². The van der Waals surface area contributed by atoms with E-state index in [-0.39, 0.29) is 17.9 Å². The number of pyridine rings is 2. The molecular formula is C24H27N5O3. The summed E-state index contributed by atoms with van der Waals surface area (Å²) in [6.07, 6.45) is 9.66. The summed E-state index contributed by atoms with van der Waals surface area (Å²) in [5, 5.41) is 6.53. The van der Waals surface area contributed by atoms with Crippen molar-refractivity contribution in [3.63, 3.8) is 0 Å². The van der Waals surface area contributed by atoms with Gasteiger partial charge >= 0.3 is 0 Å². The first-order valence-corrected chi connectivity index (χ1v) is 11.4. The van der Waals surface area contributed by atoms with Crippen LogP contribution in [0.5, 0.6) is 5.75 Å². The molecule has 2 atom stereocenters. The molecule has 8 nitrogen and oxygen atoms in total. The van der Waals surface area contributed by atoms with Crippen LogP contribution in [0.25, 0.3) is 16.8 Å². The molecule has 1 amide bonds. The Labute approximate surface area is 186 Å². The Morgan fingerprint density at radius 1 is 1.22 bits per heavy atom. The van der Waals surface area contributed by atoms with Crippen molar-refractivity contribution < 1.29 is 14.3 Å². The number of rotatable bonds is 5. The summed E-state index contributed by atoms with van der Waals surface area (Å²) >= 11 is 0. The first-order valence-electron chi connectivity index (χ1n) is 11.4. The Hall–Kier alpha value is -2.97. The lowest BCUT2D eigenvalue weighted by Gasteiger charge is -2.40. The number of aromatic nitrogens is 3. The van der Waals surface area contributed by atoms with Gasteiger partial charge in [-0.1, -0.05) is 0 Å². The van der Waals surface area contributed by atoms with Crippen molar-refractivity contribution in [2.24, 2.45) is 5.92 Å². The smallest absolute Gasteiger partial charge is 0.228 e. The molecule has 32 heavy (non-hydrogen) atoms. The Bertz CT molecular complexity index is 1160. The number of carbonyl (C=O) groups excluding carboxylic acids is 1. The van der Waals surface area contributed by atoms with Gasteiger partial charge in [0, 0.05) is 53.9 Å². The first-order chi connectivity index (χ1) is 15.6. The summed E-state index contributed by atoms with van der Waals surface area (Å²) in [5.41, 5.74) is 3.76. The van der Waals surface area contributed by atoms with E-state index < -0.39 is 0 Å². The van der Waals surface area contributed by atoms with Gasteiger partial charge in [0.05, 0.1) is 25.6 Å². The minimum atomic E-state index is 0.0613. The van der Waals surface area contributed by atoms with Gasteiger partial charge in [-0.2, -0.15) is 0 Å². The van der Waals surface area contributed by atoms with Gasteiger partial charge in [-0.3, -0.25) is 9.78 Å². The number of amides is 1. The minimum absolute atomic E-state index is 0.0613. The van der Waals surface area contributed by atoms with Crippen LogP contribution in [0.4, 0.5) is 5.82 Å². The molecule has 0 radical (unpaired) electrons.